The van der Waals surface area contributed by atoms with Crippen molar-refractivity contribution in [2.75, 3.05) is 0 Å². The van der Waals surface area contributed by atoms with E-state index in [0.717, 1.165) is 0 Å². The van der Waals surface area contributed by atoms with Gasteiger partial charge in [0.2, 0.25) is 0 Å². The Balaban J connectivity index is 0. The molecule has 0 saturated heterocycles. The van der Waals surface area contributed by atoms with E-state index in [0.29, 0.717) is 0 Å². The zero-order valence-electron chi connectivity index (χ0n) is 4.43. The molecule has 0 saturated carbocycles. The molecule has 0 bridgehead atoms. The van der Waals surface area contributed by atoms with Gasteiger partial charge in [-0.3, -0.25) is 0 Å². The van der Waals surface area contributed by atoms with Gasteiger partial charge in [0, 0.05) is 0 Å². The maximum atomic E-state index is 0. The van der Waals surface area contributed by atoms with Crippen LogP contribution in [0.3, 0.4) is 0 Å². The smallest absolute Gasteiger partial charge is 0.870 e. The van der Waals surface area contributed by atoms with Crippen LogP contribution in [0.2, 0.25) is 0 Å². The van der Waals surface area contributed by atoms with Crippen molar-refractivity contribution in [3.63, 3.8) is 0 Å². The first-order valence-corrected chi connectivity index (χ1v) is 0. The van der Waals surface area contributed by atoms with Crippen molar-refractivity contribution in [2.24, 2.45) is 0 Å². The molecule has 0 aromatic carbocycles. The van der Waals surface area contributed by atoms with Crippen LogP contribution in [0.1, 0.15) is 0 Å². The third-order valence-electron chi connectivity index (χ3n) is 0. The van der Waals surface area contributed by atoms with Gasteiger partial charge in [-0.05, 0) is 0 Å². The summed E-state index contributed by atoms with van der Waals surface area (Å²) in [5.41, 5.74) is 0. The minimum atomic E-state index is 0. The second-order valence-electron chi connectivity index (χ2n) is 0. The van der Waals surface area contributed by atoms with Gasteiger partial charge in [0.1, 0.15) is 0 Å². The van der Waals surface area contributed by atoms with Crippen LogP contribution in [0.5, 0.6) is 0 Å². The second-order valence-corrected chi connectivity index (χ2v) is 0. The zero-order valence-corrected chi connectivity index (χ0v) is 10.9. The Labute approximate surface area is 99.1 Å². The fourth-order valence-corrected chi connectivity index (χ4v) is 0. The first kappa shape index (κ1) is 284. The van der Waals surface area contributed by atoms with Crippen LogP contribution in [0.4, 0.5) is 0 Å². The van der Waals surface area contributed by atoms with Crippen molar-refractivity contribution < 1.29 is 76.9 Å². The fourth-order valence-electron chi connectivity index (χ4n) is 0. The maximum Gasteiger partial charge on any atom is 2.00 e. The van der Waals surface area contributed by atoms with Crippen LogP contribution in [0.25, 0.3) is 0 Å². The Hall–Kier alpha value is 1.95. The molecule has 0 atom stereocenters. The van der Waals surface area contributed by atoms with Crippen LogP contribution >= 0.6 is 0 Å². The summed E-state index contributed by atoms with van der Waals surface area (Å²) in [4.78, 5) is 0. The van der Waals surface area contributed by atoms with Gasteiger partial charge >= 0.3 is 67.1 Å². The molecule has 0 aromatic heterocycles. The van der Waals surface area contributed by atoms with Gasteiger partial charge in [-0.2, -0.15) is 0 Å². The van der Waals surface area contributed by atoms with Gasteiger partial charge in [-0.15, -0.1) is 0 Å². The molecule has 1 radical (unpaired) electrons. The van der Waals surface area contributed by atoms with E-state index >= 15 is 0 Å². The molecule has 9 heavy (non-hydrogen) atoms. The van der Waals surface area contributed by atoms with Gasteiger partial charge in [0.15, 0.2) is 0 Å². The molecular formula is H6CdCoMgO6. The molecule has 55 valence electrons. The van der Waals surface area contributed by atoms with Crippen molar-refractivity contribution in [2.45, 2.75) is 0 Å². The Morgan fingerprint density at radius 2 is 0.444 bits per heavy atom. The molecule has 0 rings (SSSR count). The summed E-state index contributed by atoms with van der Waals surface area (Å²) in [6, 6.07) is 0. The van der Waals surface area contributed by atoms with Crippen LogP contribution in [0.15, 0.2) is 0 Å². The van der Waals surface area contributed by atoms with Gasteiger partial charge in [0.25, 0.3) is 0 Å². The van der Waals surface area contributed by atoms with Gasteiger partial charge in [0.05, 0.1) is 0 Å². The molecule has 6 nitrogen and oxygen atoms in total. The Morgan fingerprint density at radius 1 is 0.444 bits per heavy atom. The molecular weight excluding hydrogens is 292 g/mol. The fraction of sp³-hybridized carbons (Fsp3) is 0. The minimum absolute atomic E-state index is 0. The Bertz CT molecular complexity index is 13.0. The predicted molar refractivity (Wildman–Crippen MR) is 17.4 cm³/mol. The van der Waals surface area contributed by atoms with Crippen molar-refractivity contribution in [3.05, 3.63) is 0 Å². The molecule has 0 aliphatic carbocycles. The molecule has 0 unspecified atom stereocenters. The molecule has 6 N–H and O–H groups in total. The van der Waals surface area contributed by atoms with Gasteiger partial charge in [-0.25, -0.2) is 0 Å². The average molecular weight is 298 g/mol. The standard InChI is InChI=1S/Cd.Co.Mg.6H2O/h;;;6*1H2/q3*+2;;;;;;/p-6. The number of hydrogen-bond acceptors (Lipinski definition) is 6. The Morgan fingerprint density at radius 3 is 0.444 bits per heavy atom. The molecule has 0 spiro atoms. The van der Waals surface area contributed by atoms with Crippen LogP contribution in [0, 0.1) is 0 Å². The van der Waals surface area contributed by atoms with E-state index in [-0.39, 0.29) is 100.0 Å². The largest absolute Gasteiger partial charge is 2.00 e. The van der Waals surface area contributed by atoms with Crippen molar-refractivity contribution in [1.29, 1.82) is 0 Å². The SMILES string of the molecule is [Cd+2].[Co+2].[Mg+2].[OH-].[OH-].[OH-].[OH-].[OH-].[OH-]. The first-order chi connectivity index (χ1) is 0. The summed E-state index contributed by atoms with van der Waals surface area (Å²) in [6.45, 7) is 0. The number of hydrogen-bond donors (Lipinski definition) is 0. The van der Waals surface area contributed by atoms with Crippen LogP contribution in [-0.4, -0.2) is 55.9 Å². The van der Waals surface area contributed by atoms with Crippen LogP contribution in [-0.2, 0) is 44.1 Å². The first-order valence-electron chi connectivity index (χ1n) is 0. The van der Waals surface area contributed by atoms with Crippen molar-refractivity contribution in [3.8, 4) is 0 Å². The molecule has 0 heterocycles. The molecule has 0 aliphatic rings. The summed E-state index contributed by atoms with van der Waals surface area (Å²) >= 11 is 0. The molecule has 0 aliphatic heterocycles. The molecule has 0 aromatic rings. The summed E-state index contributed by atoms with van der Waals surface area (Å²) in [7, 11) is 0. The van der Waals surface area contributed by atoms with Crippen molar-refractivity contribution in [1.82, 2.24) is 0 Å². The summed E-state index contributed by atoms with van der Waals surface area (Å²) < 4.78 is 0. The quantitative estimate of drug-likeness (QED) is 0.493. The minimum Gasteiger partial charge on any atom is -0.870 e. The van der Waals surface area contributed by atoms with Gasteiger partial charge < -0.3 is 32.9 Å². The maximum absolute atomic E-state index is 0. The molecule has 0 fully saturated rings. The summed E-state index contributed by atoms with van der Waals surface area (Å²) in [5.74, 6) is 0. The van der Waals surface area contributed by atoms with E-state index in [1.807, 2.05) is 0 Å². The Kier molecular flexibility index (Phi) is 6590. The van der Waals surface area contributed by atoms with E-state index in [1.165, 1.54) is 0 Å². The van der Waals surface area contributed by atoms with E-state index in [4.69, 9.17) is 0 Å². The van der Waals surface area contributed by atoms with E-state index in [9.17, 15) is 0 Å². The third kappa shape index (κ3) is 165. The van der Waals surface area contributed by atoms with Crippen LogP contribution < -0.4 is 0 Å². The topological polar surface area (TPSA) is 180 Å². The van der Waals surface area contributed by atoms with Gasteiger partial charge in [-0.1, -0.05) is 0 Å². The molecule has 0 amide bonds. The van der Waals surface area contributed by atoms with E-state index in [2.05, 4.69) is 0 Å². The normalized spacial score (nSPS) is 0. The predicted octanol–water partition coefficient (Wildman–Crippen LogP) is -1.45. The summed E-state index contributed by atoms with van der Waals surface area (Å²) in [6.07, 6.45) is 0. The van der Waals surface area contributed by atoms with Crippen molar-refractivity contribution >= 4 is 23.1 Å². The van der Waals surface area contributed by atoms with E-state index in [1.54, 1.807) is 0 Å². The second kappa shape index (κ2) is 209. The monoisotopic (exact) mass is 299 g/mol. The zero-order chi connectivity index (χ0) is 0. The molecule has 9 heteroatoms. The number of rotatable bonds is 0. The average Bonchev–Trinajstić information content (AvgIpc) is 0. The summed E-state index contributed by atoms with van der Waals surface area (Å²) in [5, 5.41) is 0. The van der Waals surface area contributed by atoms with E-state index < -0.39 is 0 Å². The third-order valence-corrected chi connectivity index (χ3v) is 0.